The predicted molar refractivity (Wildman–Crippen MR) is 109 cm³/mol. The van der Waals surface area contributed by atoms with Gasteiger partial charge in [0.15, 0.2) is 0 Å². The van der Waals surface area contributed by atoms with Gasteiger partial charge in [0.25, 0.3) is 0 Å². The van der Waals surface area contributed by atoms with Gasteiger partial charge < -0.3 is 9.47 Å². The number of hydrazine groups is 1. The summed E-state index contributed by atoms with van der Waals surface area (Å²) in [7, 11) is 0. The number of carbonyl (C=O) groups is 2. The maximum Gasteiger partial charge on any atom is 0.429 e. The molecule has 1 aliphatic rings. The first-order chi connectivity index (χ1) is 13.7. The van der Waals surface area contributed by atoms with E-state index in [2.05, 4.69) is 24.5 Å². The molecule has 1 aliphatic heterocycles. The van der Waals surface area contributed by atoms with Crippen molar-refractivity contribution in [1.82, 2.24) is 10.4 Å². The number of thioether (sulfide) groups is 1. The fourth-order valence-corrected chi connectivity index (χ4v) is 4.23. The first-order valence-electron chi connectivity index (χ1n) is 9.26. The van der Waals surface area contributed by atoms with Gasteiger partial charge in [-0.05, 0) is 17.5 Å². The van der Waals surface area contributed by atoms with E-state index in [0.29, 0.717) is 0 Å². The molecule has 2 amide bonds. The number of hydrogen-bond donors (Lipinski definition) is 1. The lowest BCUT2D eigenvalue weighted by Gasteiger charge is -2.27. The van der Waals surface area contributed by atoms with E-state index in [9.17, 15) is 9.59 Å². The van der Waals surface area contributed by atoms with Crippen LogP contribution in [0.25, 0.3) is 0 Å². The van der Waals surface area contributed by atoms with E-state index in [4.69, 9.17) is 9.47 Å². The zero-order chi connectivity index (χ0) is 19.8. The first-order valence-corrected chi connectivity index (χ1v) is 10.3. The maximum atomic E-state index is 12.2. The van der Waals surface area contributed by atoms with Crippen LogP contribution in [-0.4, -0.2) is 35.1 Å². The Morgan fingerprint density at radius 2 is 1.82 bits per heavy atom. The first kappa shape index (κ1) is 20.1. The van der Waals surface area contributed by atoms with Gasteiger partial charge in [0.2, 0.25) is 0 Å². The van der Waals surface area contributed by atoms with Crippen molar-refractivity contribution in [3.8, 4) is 0 Å². The summed E-state index contributed by atoms with van der Waals surface area (Å²) in [5.41, 5.74) is 4.64. The fourth-order valence-electron chi connectivity index (χ4n) is 2.97. The third-order valence-corrected chi connectivity index (χ3v) is 6.04. The molecule has 0 bridgehead atoms. The average Bonchev–Trinajstić information content (AvgIpc) is 3.09. The highest BCUT2D eigenvalue weighted by molar-refractivity contribution is 7.99. The largest absolute Gasteiger partial charge is 0.446 e. The topological polar surface area (TPSA) is 67.9 Å². The number of hydrogen-bond acceptors (Lipinski definition) is 5. The van der Waals surface area contributed by atoms with E-state index in [1.54, 1.807) is 11.8 Å². The molecular weight excluding hydrogens is 376 g/mol. The Hall–Kier alpha value is -2.67. The van der Waals surface area contributed by atoms with Crippen LogP contribution in [0.15, 0.2) is 60.7 Å². The molecule has 28 heavy (non-hydrogen) atoms. The van der Waals surface area contributed by atoms with Crippen LogP contribution in [0.4, 0.5) is 9.59 Å². The number of benzene rings is 2. The van der Waals surface area contributed by atoms with Gasteiger partial charge in [0.1, 0.15) is 19.3 Å². The lowest BCUT2D eigenvalue weighted by molar-refractivity contribution is 0.0987. The molecule has 2 aromatic carbocycles. The van der Waals surface area contributed by atoms with Crippen LogP contribution in [0, 0.1) is 0 Å². The Morgan fingerprint density at radius 1 is 1.18 bits per heavy atom. The highest BCUT2D eigenvalue weighted by Gasteiger charge is 2.39. The van der Waals surface area contributed by atoms with E-state index in [1.807, 2.05) is 48.5 Å². The van der Waals surface area contributed by atoms with Gasteiger partial charge in [-0.3, -0.25) is 0 Å². The van der Waals surface area contributed by atoms with Gasteiger partial charge in [0, 0.05) is 11.0 Å². The maximum absolute atomic E-state index is 12.2. The van der Waals surface area contributed by atoms with Crippen molar-refractivity contribution in [3.05, 3.63) is 71.8 Å². The van der Waals surface area contributed by atoms with Crippen molar-refractivity contribution in [2.24, 2.45) is 0 Å². The summed E-state index contributed by atoms with van der Waals surface area (Å²) in [5, 5.41) is 1.39. The van der Waals surface area contributed by atoms with Crippen molar-refractivity contribution in [3.63, 3.8) is 0 Å². The summed E-state index contributed by atoms with van der Waals surface area (Å²) in [6, 6.07) is 19.3. The molecule has 1 N–H and O–H groups in total. The number of carbonyl (C=O) groups excluding carboxylic acids is 2. The minimum atomic E-state index is -0.671. The quantitative estimate of drug-likeness (QED) is 0.713. The minimum absolute atomic E-state index is 0.126. The molecule has 1 saturated heterocycles. The second-order valence-corrected chi connectivity index (χ2v) is 7.66. The monoisotopic (exact) mass is 400 g/mol. The van der Waals surface area contributed by atoms with Gasteiger partial charge in [-0.2, -0.15) is 11.8 Å². The summed E-state index contributed by atoms with van der Waals surface area (Å²) < 4.78 is 10.4. The Kier molecular flexibility index (Phi) is 7.19. The van der Waals surface area contributed by atoms with E-state index in [0.717, 1.165) is 17.7 Å². The summed E-state index contributed by atoms with van der Waals surface area (Å²) >= 11 is 1.75. The molecule has 0 spiro atoms. The Labute approximate surface area is 169 Å². The lowest BCUT2D eigenvalue weighted by Crippen LogP contribution is -2.51. The smallest absolute Gasteiger partial charge is 0.429 e. The number of rotatable bonds is 8. The number of ether oxygens (including phenoxy) is 2. The summed E-state index contributed by atoms with van der Waals surface area (Å²) in [6.45, 7) is 2.45. The highest BCUT2D eigenvalue weighted by Crippen LogP contribution is 2.28. The molecule has 1 unspecified atom stereocenters. The van der Waals surface area contributed by atoms with Crippen LogP contribution in [0.3, 0.4) is 0 Å². The zero-order valence-electron chi connectivity index (χ0n) is 15.7. The number of nitrogens with zero attached hydrogens (tertiary/aromatic N) is 1. The zero-order valence-corrected chi connectivity index (χ0v) is 16.6. The molecule has 7 heteroatoms. The lowest BCUT2D eigenvalue weighted by atomic mass is 10.2. The Morgan fingerprint density at radius 3 is 2.46 bits per heavy atom. The van der Waals surface area contributed by atoms with Crippen LogP contribution < -0.4 is 5.43 Å². The standard InChI is InChI=1S/C21H24N2O4S/c1-2-19(28-15-17-11-7-4-8-12-17)18-14-27-21(25)23(18)22-20(24)26-13-16-9-5-3-6-10-16/h3-12,18-19H,2,13-15H2,1H3,(H,22,24)/t18?,19-/m1/s1. The van der Waals surface area contributed by atoms with Crippen molar-refractivity contribution < 1.29 is 19.1 Å². The van der Waals surface area contributed by atoms with Crippen LogP contribution in [-0.2, 0) is 21.8 Å². The molecule has 1 heterocycles. The second-order valence-electron chi connectivity index (χ2n) is 6.43. The molecule has 148 valence electrons. The molecule has 0 radical (unpaired) electrons. The van der Waals surface area contributed by atoms with Gasteiger partial charge in [0.05, 0.1) is 0 Å². The minimum Gasteiger partial charge on any atom is -0.446 e. The average molecular weight is 401 g/mol. The third kappa shape index (κ3) is 5.42. The van der Waals surface area contributed by atoms with Crippen molar-refractivity contribution in [2.45, 2.75) is 37.0 Å². The van der Waals surface area contributed by atoms with Crippen molar-refractivity contribution in [1.29, 1.82) is 0 Å². The van der Waals surface area contributed by atoms with Gasteiger partial charge in [-0.1, -0.05) is 67.6 Å². The Balaban J connectivity index is 1.55. The van der Waals surface area contributed by atoms with Gasteiger partial charge in [-0.15, -0.1) is 0 Å². The van der Waals surface area contributed by atoms with Crippen LogP contribution in [0.1, 0.15) is 24.5 Å². The van der Waals surface area contributed by atoms with Gasteiger partial charge >= 0.3 is 12.2 Å². The van der Waals surface area contributed by atoms with Crippen LogP contribution >= 0.6 is 11.8 Å². The molecule has 2 aromatic rings. The third-order valence-electron chi connectivity index (χ3n) is 4.47. The van der Waals surface area contributed by atoms with Gasteiger partial charge in [-0.25, -0.2) is 20.0 Å². The van der Waals surface area contributed by atoms with E-state index in [-0.39, 0.29) is 24.5 Å². The molecule has 0 aliphatic carbocycles. The number of amides is 2. The number of cyclic esters (lactones) is 1. The summed E-state index contributed by atoms with van der Waals surface area (Å²) in [5.74, 6) is 0.830. The molecule has 0 saturated carbocycles. The number of nitrogens with one attached hydrogen (secondary N) is 1. The Bertz CT molecular complexity index is 772. The molecule has 6 nitrogen and oxygen atoms in total. The second kappa shape index (κ2) is 10.0. The summed E-state index contributed by atoms with van der Waals surface area (Å²) in [6.07, 6.45) is -0.383. The highest BCUT2D eigenvalue weighted by atomic mass is 32.2. The van der Waals surface area contributed by atoms with Crippen molar-refractivity contribution >= 4 is 23.9 Å². The SMILES string of the molecule is CC[C@@H](SCc1ccccc1)C1COC(=O)N1NC(=O)OCc1ccccc1. The predicted octanol–water partition coefficient (Wildman–Crippen LogP) is 4.36. The molecule has 2 atom stereocenters. The van der Waals surface area contributed by atoms with Crippen LogP contribution in [0.2, 0.25) is 0 Å². The van der Waals surface area contributed by atoms with Crippen LogP contribution in [0.5, 0.6) is 0 Å². The molecule has 1 fully saturated rings. The molecular formula is C21H24N2O4S. The van der Waals surface area contributed by atoms with E-state index in [1.165, 1.54) is 10.6 Å². The van der Waals surface area contributed by atoms with E-state index < -0.39 is 12.2 Å². The molecule has 3 rings (SSSR count). The fraction of sp³-hybridized carbons (Fsp3) is 0.333. The molecule has 0 aromatic heterocycles. The van der Waals surface area contributed by atoms with E-state index >= 15 is 0 Å². The van der Waals surface area contributed by atoms with Crippen molar-refractivity contribution in [2.75, 3.05) is 6.61 Å². The summed E-state index contributed by atoms with van der Waals surface area (Å²) in [4.78, 5) is 24.3. The normalized spacial score (nSPS) is 17.1.